The Morgan fingerprint density at radius 1 is 1.04 bits per heavy atom. The van der Waals surface area contributed by atoms with Crippen molar-refractivity contribution in [2.45, 2.75) is 0 Å². The van der Waals surface area contributed by atoms with Crippen molar-refractivity contribution < 1.29 is 4.79 Å². The summed E-state index contributed by atoms with van der Waals surface area (Å²) in [5.74, 6) is 0.376. The van der Waals surface area contributed by atoms with E-state index >= 15 is 0 Å². The van der Waals surface area contributed by atoms with E-state index in [1.807, 2.05) is 24.3 Å². The van der Waals surface area contributed by atoms with Crippen LogP contribution in [-0.2, 0) is 4.79 Å². The Morgan fingerprint density at radius 3 is 2.57 bits per heavy atom. The van der Waals surface area contributed by atoms with Crippen molar-refractivity contribution in [2.24, 2.45) is 0 Å². The van der Waals surface area contributed by atoms with Crippen LogP contribution in [0.15, 0.2) is 48.8 Å². The molecule has 0 bridgehead atoms. The predicted molar refractivity (Wildman–Crippen MR) is 93.1 cm³/mol. The van der Waals surface area contributed by atoms with E-state index in [1.54, 1.807) is 18.2 Å². The van der Waals surface area contributed by atoms with E-state index in [-0.39, 0.29) is 12.5 Å². The number of hydrogen-bond acceptors (Lipinski definition) is 4. The highest BCUT2D eigenvalue weighted by molar-refractivity contribution is 6.35. The third kappa shape index (κ3) is 3.88. The summed E-state index contributed by atoms with van der Waals surface area (Å²) in [7, 11) is 0. The number of nitrogens with zero attached hydrogens (tertiary/aromatic N) is 2. The van der Waals surface area contributed by atoms with Crippen molar-refractivity contribution in [3.63, 3.8) is 0 Å². The minimum absolute atomic E-state index is 0.0607. The SMILES string of the molecule is O=C(CNc1ncnc2ccccc12)Nc1cc(Cl)cc(Cl)c1. The van der Waals surface area contributed by atoms with Crippen LogP contribution < -0.4 is 10.6 Å². The third-order valence-electron chi connectivity index (χ3n) is 3.11. The average Bonchev–Trinajstić information content (AvgIpc) is 2.52. The van der Waals surface area contributed by atoms with Gasteiger partial charge in [-0.3, -0.25) is 4.79 Å². The van der Waals surface area contributed by atoms with Gasteiger partial charge in [0.2, 0.25) is 5.91 Å². The number of anilines is 2. The van der Waals surface area contributed by atoms with Gasteiger partial charge in [0.15, 0.2) is 0 Å². The first-order valence-electron chi connectivity index (χ1n) is 6.81. The third-order valence-corrected chi connectivity index (χ3v) is 3.54. The second kappa shape index (κ2) is 6.81. The minimum atomic E-state index is -0.231. The number of fused-ring (bicyclic) bond motifs is 1. The van der Waals surface area contributed by atoms with E-state index < -0.39 is 0 Å². The Balaban J connectivity index is 1.68. The second-order valence-electron chi connectivity index (χ2n) is 4.80. The van der Waals surface area contributed by atoms with E-state index in [9.17, 15) is 4.79 Å². The lowest BCUT2D eigenvalue weighted by molar-refractivity contribution is -0.114. The summed E-state index contributed by atoms with van der Waals surface area (Å²) in [6.45, 7) is 0.0607. The van der Waals surface area contributed by atoms with Crippen LogP contribution in [0.4, 0.5) is 11.5 Å². The molecule has 0 aliphatic rings. The van der Waals surface area contributed by atoms with E-state index in [4.69, 9.17) is 23.2 Å². The molecule has 0 aliphatic heterocycles. The molecule has 0 spiro atoms. The van der Waals surface area contributed by atoms with Crippen molar-refractivity contribution in [1.82, 2.24) is 9.97 Å². The number of amides is 1. The molecule has 23 heavy (non-hydrogen) atoms. The number of nitrogens with one attached hydrogen (secondary N) is 2. The molecule has 0 fully saturated rings. The molecule has 0 saturated heterocycles. The molecule has 2 N–H and O–H groups in total. The summed E-state index contributed by atoms with van der Waals surface area (Å²) in [6.07, 6.45) is 1.46. The molecule has 7 heteroatoms. The van der Waals surface area contributed by atoms with Crippen molar-refractivity contribution >= 4 is 51.5 Å². The van der Waals surface area contributed by atoms with Gasteiger partial charge in [0.1, 0.15) is 12.1 Å². The van der Waals surface area contributed by atoms with Gasteiger partial charge in [0.05, 0.1) is 12.1 Å². The Labute approximate surface area is 142 Å². The van der Waals surface area contributed by atoms with Crippen LogP contribution in [0.2, 0.25) is 10.0 Å². The smallest absolute Gasteiger partial charge is 0.243 e. The van der Waals surface area contributed by atoms with E-state index in [1.165, 1.54) is 6.33 Å². The number of carbonyl (C=O) groups is 1. The molecule has 0 unspecified atom stereocenters. The maximum absolute atomic E-state index is 12.0. The molecule has 2 aromatic carbocycles. The Bertz CT molecular complexity index is 844. The summed E-state index contributed by atoms with van der Waals surface area (Å²) in [5, 5.41) is 7.51. The van der Waals surface area contributed by atoms with Crippen molar-refractivity contribution in [3.05, 3.63) is 58.8 Å². The quantitative estimate of drug-likeness (QED) is 0.749. The van der Waals surface area contributed by atoms with Gasteiger partial charge in [0.25, 0.3) is 0 Å². The Morgan fingerprint density at radius 2 is 1.78 bits per heavy atom. The van der Waals surface area contributed by atoms with Crippen molar-refractivity contribution in [2.75, 3.05) is 17.2 Å². The molecule has 0 atom stereocenters. The fraction of sp³-hybridized carbons (Fsp3) is 0.0625. The Kier molecular flexibility index (Phi) is 4.60. The zero-order valence-corrected chi connectivity index (χ0v) is 13.4. The summed E-state index contributed by atoms with van der Waals surface area (Å²) < 4.78 is 0. The van der Waals surface area contributed by atoms with Gasteiger partial charge < -0.3 is 10.6 Å². The first-order chi connectivity index (χ1) is 11.1. The Hall–Kier alpha value is -2.37. The van der Waals surface area contributed by atoms with Gasteiger partial charge in [-0.2, -0.15) is 0 Å². The number of benzene rings is 2. The molecule has 0 radical (unpaired) electrons. The van der Waals surface area contributed by atoms with Gasteiger partial charge in [0, 0.05) is 21.1 Å². The average molecular weight is 347 g/mol. The van der Waals surface area contributed by atoms with Crippen LogP contribution in [0, 0.1) is 0 Å². The van der Waals surface area contributed by atoms with E-state index in [0.717, 1.165) is 10.9 Å². The number of hydrogen-bond donors (Lipinski definition) is 2. The lowest BCUT2D eigenvalue weighted by Gasteiger charge is -2.09. The van der Waals surface area contributed by atoms with Crippen LogP contribution in [0.25, 0.3) is 10.9 Å². The topological polar surface area (TPSA) is 66.9 Å². The second-order valence-corrected chi connectivity index (χ2v) is 5.67. The summed E-state index contributed by atoms with van der Waals surface area (Å²) in [4.78, 5) is 20.4. The van der Waals surface area contributed by atoms with Gasteiger partial charge in [-0.05, 0) is 30.3 Å². The zero-order chi connectivity index (χ0) is 16.2. The van der Waals surface area contributed by atoms with Crippen LogP contribution >= 0.6 is 23.2 Å². The monoisotopic (exact) mass is 346 g/mol. The highest BCUT2D eigenvalue weighted by atomic mass is 35.5. The lowest BCUT2D eigenvalue weighted by atomic mass is 10.2. The zero-order valence-electron chi connectivity index (χ0n) is 11.9. The molecule has 0 saturated carbocycles. The molecule has 1 amide bonds. The van der Waals surface area contributed by atoms with Gasteiger partial charge in [-0.15, -0.1) is 0 Å². The molecule has 1 heterocycles. The molecule has 1 aromatic heterocycles. The maximum Gasteiger partial charge on any atom is 0.243 e. The van der Waals surface area contributed by atoms with Crippen molar-refractivity contribution in [1.29, 1.82) is 0 Å². The fourth-order valence-corrected chi connectivity index (χ4v) is 2.67. The standard InChI is InChI=1S/C16H12Cl2N4O/c17-10-5-11(18)7-12(6-10)22-15(23)8-19-16-13-3-1-2-4-14(13)20-9-21-16/h1-7,9H,8H2,(H,22,23)(H,19,20,21). The number of para-hydroxylation sites is 1. The maximum atomic E-state index is 12.0. The van der Waals surface area contributed by atoms with Crippen LogP contribution in [-0.4, -0.2) is 22.4 Å². The molecule has 0 aliphatic carbocycles. The van der Waals surface area contributed by atoms with Crippen LogP contribution in [0.1, 0.15) is 0 Å². The number of halogens is 2. The number of aromatic nitrogens is 2. The van der Waals surface area contributed by atoms with Gasteiger partial charge >= 0.3 is 0 Å². The highest BCUT2D eigenvalue weighted by Gasteiger charge is 2.07. The lowest BCUT2D eigenvalue weighted by Crippen LogP contribution is -2.22. The van der Waals surface area contributed by atoms with E-state index in [2.05, 4.69) is 20.6 Å². The molecule has 3 aromatic rings. The van der Waals surface area contributed by atoms with Crippen LogP contribution in [0.3, 0.4) is 0 Å². The predicted octanol–water partition coefficient (Wildman–Crippen LogP) is 3.99. The fourth-order valence-electron chi connectivity index (χ4n) is 2.14. The van der Waals surface area contributed by atoms with Gasteiger partial charge in [-0.25, -0.2) is 9.97 Å². The first kappa shape index (κ1) is 15.5. The first-order valence-corrected chi connectivity index (χ1v) is 7.57. The number of rotatable bonds is 4. The molecular weight excluding hydrogens is 335 g/mol. The summed E-state index contributed by atoms with van der Waals surface area (Å²) >= 11 is 11.8. The van der Waals surface area contributed by atoms with Crippen LogP contribution in [0.5, 0.6) is 0 Å². The van der Waals surface area contributed by atoms with E-state index in [0.29, 0.717) is 21.6 Å². The molecular formula is C16H12Cl2N4O. The largest absolute Gasteiger partial charge is 0.360 e. The molecule has 3 rings (SSSR count). The normalized spacial score (nSPS) is 10.5. The molecule has 116 valence electrons. The highest BCUT2D eigenvalue weighted by Crippen LogP contribution is 2.22. The minimum Gasteiger partial charge on any atom is -0.360 e. The number of carbonyl (C=O) groups excluding carboxylic acids is 1. The van der Waals surface area contributed by atoms with Crippen molar-refractivity contribution in [3.8, 4) is 0 Å². The van der Waals surface area contributed by atoms with Gasteiger partial charge in [-0.1, -0.05) is 35.3 Å². The molecule has 5 nitrogen and oxygen atoms in total. The summed E-state index contributed by atoms with van der Waals surface area (Å²) in [5.41, 5.74) is 1.36. The summed E-state index contributed by atoms with van der Waals surface area (Å²) in [6, 6.07) is 12.4.